The van der Waals surface area contributed by atoms with E-state index >= 15 is 0 Å². The molecule has 39 heavy (non-hydrogen) atoms. The second kappa shape index (κ2) is 16.9. The molecule has 0 spiro atoms. The molecule has 0 aromatic heterocycles. The van der Waals surface area contributed by atoms with Gasteiger partial charge in [-0.15, -0.1) is 0 Å². The minimum atomic E-state index is -1.41. The van der Waals surface area contributed by atoms with Crippen LogP contribution in [0, 0.1) is 0 Å². The van der Waals surface area contributed by atoms with E-state index in [0.717, 1.165) is 0 Å². The number of unbranched alkanes of at least 4 members (excludes halogenated alkanes) is 2. The molecule has 1 aliphatic heterocycles. The van der Waals surface area contributed by atoms with Crippen LogP contribution in [-0.4, -0.2) is 90.2 Å². The van der Waals surface area contributed by atoms with Crippen molar-refractivity contribution in [3.8, 4) is 0 Å². The summed E-state index contributed by atoms with van der Waals surface area (Å²) in [6, 6.07) is -1.41. The Labute approximate surface area is 225 Å². The Morgan fingerprint density at radius 3 is 1.92 bits per heavy atom. The van der Waals surface area contributed by atoms with Crippen LogP contribution in [0.5, 0.6) is 0 Å². The number of carboxylic acid groups (broad SMARTS) is 1. The van der Waals surface area contributed by atoms with Crippen molar-refractivity contribution in [1.82, 2.24) is 31.5 Å². The zero-order valence-corrected chi connectivity index (χ0v) is 21.5. The lowest BCUT2D eigenvalue weighted by atomic mass is 10.1. The summed E-state index contributed by atoms with van der Waals surface area (Å²) < 4.78 is 0. The number of nitrogens with two attached hydrogens (primary N) is 1. The van der Waals surface area contributed by atoms with E-state index in [1.54, 1.807) is 6.08 Å². The van der Waals surface area contributed by atoms with E-state index < -0.39 is 61.1 Å². The molecule has 6 amide bonds. The van der Waals surface area contributed by atoms with Gasteiger partial charge in [-0.1, -0.05) is 19.6 Å². The van der Waals surface area contributed by atoms with Crippen LogP contribution < -0.4 is 32.3 Å². The fraction of sp³-hybridized carbons (Fsp3) is 0.458. The number of nitrogens with one attached hydrogen (secondary N) is 5. The highest BCUT2D eigenvalue weighted by molar-refractivity contribution is 5.94. The van der Waals surface area contributed by atoms with Gasteiger partial charge in [0.05, 0.1) is 32.6 Å². The SMILES string of the molecule is C=C(N)CNC(=O)CNC(=O)CNC(=O)CNC(=O)[C@H](CC(=O)O)NC(=O)CCCCCN1C(=C)C=CC1=O. The lowest BCUT2D eigenvalue weighted by molar-refractivity contribution is -0.140. The van der Waals surface area contributed by atoms with E-state index in [2.05, 4.69) is 39.7 Å². The van der Waals surface area contributed by atoms with Crippen LogP contribution >= 0.6 is 0 Å². The van der Waals surface area contributed by atoms with Crippen molar-refractivity contribution in [2.45, 2.75) is 38.1 Å². The predicted molar refractivity (Wildman–Crippen MR) is 138 cm³/mol. The van der Waals surface area contributed by atoms with E-state index in [1.165, 1.54) is 11.0 Å². The second-order valence-electron chi connectivity index (χ2n) is 8.55. The molecule has 1 atom stereocenters. The Kier molecular flexibility index (Phi) is 14.0. The van der Waals surface area contributed by atoms with Gasteiger partial charge in [-0.25, -0.2) is 0 Å². The zero-order valence-electron chi connectivity index (χ0n) is 21.5. The molecule has 15 nitrogen and oxygen atoms in total. The Morgan fingerprint density at radius 2 is 1.41 bits per heavy atom. The van der Waals surface area contributed by atoms with E-state index in [-0.39, 0.29) is 31.1 Å². The number of amides is 6. The number of aliphatic carboxylic acids is 1. The number of carbonyl (C=O) groups excluding carboxylic acids is 6. The third-order valence-corrected chi connectivity index (χ3v) is 5.18. The minimum absolute atomic E-state index is 0.0329. The summed E-state index contributed by atoms with van der Waals surface area (Å²) in [4.78, 5) is 84.1. The molecule has 0 aromatic rings. The molecule has 0 fully saturated rings. The summed E-state index contributed by atoms with van der Waals surface area (Å²) in [5, 5.41) is 20.5. The molecule has 8 N–H and O–H groups in total. The largest absolute Gasteiger partial charge is 0.481 e. The second-order valence-corrected chi connectivity index (χ2v) is 8.55. The first kappa shape index (κ1) is 32.3. The minimum Gasteiger partial charge on any atom is -0.481 e. The average Bonchev–Trinajstić information content (AvgIpc) is 3.19. The van der Waals surface area contributed by atoms with Gasteiger partial charge < -0.3 is 42.3 Å². The summed E-state index contributed by atoms with van der Waals surface area (Å²) in [5.74, 6) is -4.84. The molecule has 0 unspecified atom stereocenters. The van der Waals surface area contributed by atoms with Gasteiger partial charge in [0.1, 0.15) is 6.04 Å². The number of carbonyl (C=O) groups is 7. The third-order valence-electron chi connectivity index (χ3n) is 5.18. The number of nitrogens with zero attached hydrogens (tertiary/aromatic N) is 1. The van der Waals surface area contributed by atoms with Crippen LogP contribution in [0.25, 0.3) is 0 Å². The molecule has 0 saturated heterocycles. The van der Waals surface area contributed by atoms with Crippen LogP contribution in [0.1, 0.15) is 32.1 Å². The normalized spacial score (nSPS) is 12.9. The number of rotatable bonds is 18. The highest BCUT2D eigenvalue weighted by atomic mass is 16.4. The number of hydrogen-bond donors (Lipinski definition) is 7. The lowest BCUT2D eigenvalue weighted by Crippen LogP contribution is -2.50. The Bertz CT molecular complexity index is 1010. The van der Waals surface area contributed by atoms with Crippen molar-refractivity contribution in [3.05, 3.63) is 36.7 Å². The van der Waals surface area contributed by atoms with Crippen LogP contribution in [0.15, 0.2) is 36.7 Å². The maximum absolute atomic E-state index is 12.4. The van der Waals surface area contributed by atoms with Crippen molar-refractivity contribution >= 4 is 41.4 Å². The van der Waals surface area contributed by atoms with Crippen molar-refractivity contribution in [2.24, 2.45) is 5.73 Å². The van der Waals surface area contributed by atoms with Crippen molar-refractivity contribution < 1.29 is 38.7 Å². The quantitative estimate of drug-likeness (QED) is 0.0885. The molecular weight excluding hydrogens is 514 g/mol. The standard InChI is InChI=1S/C24H35N7O8/c1-15(25)11-26-19(33)12-27-20(34)13-28-21(35)14-29-24(39)17(10-23(37)38)30-18(32)6-4-3-5-9-31-16(2)7-8-22(31)36/h7-8,17H,1-6,9-14,25H2,(H,26,33)(H,27,34)(H,28,35)(H,29,39)(H,30,32)(H,37,38)/t17-/m0/s1. The Morgan fingerprint density at radius 1 is 0.846 bits per heavy atom. The summed E-state index contributed by atoms with van der Waals surface area (Å²) >= 11 is 0. The summed E-state index contributed by atoms with van der Waals surface area (Å²) in [5.41, 5.74) is 6.15. The summed E-state index contributed by atoms with van der Waals surface area (Å²) in [7, 11) is 0. The number of allylic oxidation sites excluding steroid dienone is 1. The highest BCUT2D eigenvalue weighted by Gasteiger charge is 2.24. The number of carboxylic acids is 1. The fourth-order valence-corrected chi connectivity index (χ4v) is 3.17. The third kappa shape index (κ3) is 14.0. The zero-order chi connectivity index (χ0) is 29.4. The maximum atomic E-state index is 12.4. The maximum Gasteiger partial charge on any atom is 0.305 e. The van der Waals surface area contributed by atoms with E-state index in [9.17, 15) is 33.6 Å². The summed E-state index contributed by atoms with van der Waals surface area (Å²) in [6.45, 7) is 6.28. The van der Waals surface area contributed by atoms with E-state index in [1.807, 2.05) is 0 Å². The Hall–Kier alpha value is -4.69. The van der Waals surface area contributed by atoms with Gasteiger partial charge in [-0.2, -0.15) is 0 Å². The van der Waals surface area contributed by atoms with Crippen LogP contribution in [0.3, 0.4) is 0 Å². The topological polar surface area (TPSA) is 229 Å². The average molecular weight is 550 g/mol. The van der Waals surface area contributed by atoms with Gasteiger partial charge in [0.25, 0.3) is 5.91 Å². The van der Waals surface area contributed by atoms with Crippen LogP contribution in [0.4, 0.5) is 0 Å². The number of hydrogen-bond acceptors (Lipinski definition) is 8. The molecule has 0 saturated carbocycles. The van der Waals surface area contributed by atoms with Crippen LogP contribution in [0.2, 0.25) is 0 Å². The van der Waals surface area contributed by atoms with Gasteiger partial charge in [-0.3, -0.25) is 33.6 Å². The van der Waals surface area contributed by atoms with E-state index in [4.69, 9.17) is 10.8 Å². The molecule has 15 heteroatoms. The molecule has 0 aromatic carbocycles. The van der Waals surface area contributed by atoms with Crippen molar-refractivity contribution in [2.75, 3.05) is 32.7 Å². The molecule has 214 valence electrons. The smallest absolute Gasteiger partial charge is 0.305 e. The van der Waals surface area contributed by atoms with Gasteiger partial charge in [0.15, 0.2) is 0 Å². The first-order valence-electron chi connectivity index (χ1n) is 12.1. The lowest BCUT2D eigenvalue weighted by Gasteiger charge is -2.18. The van der Waals surface area contributed by atoms with Crippen molar-refractivity contribution in [3.63, 3.8) is 0 Å². The molecule has 0 aliphatic carbocycles. The fourth-order valence-electron chi connectivity index (χ4n) is 3.17. The van der Waals surface area contributed by atoms with Crippen LogP contribution in [-0.2, 0) is 33.6 Å². The van der Waals surface area contributed by atoms with Gasteiger partial charge in [0, 0.05) is 30.4 Å². The molecule has 0 bridgehead atoms. The Balaban J connectivity index is 2.33. The van der Waals surface area contributed by atoms with Crippen molar-refractivity contribution in [1.29, 1.82) is 0 Å². The molecular formula is C24H35N7O8. The molecule has 1 aliphatic rings. The van der Waals surface area contributed by atoms with Gasteiger partial charge in [0.2, 0.25) is 29.5 Å². The monoisotopic (exact) mass is 549 g/mol. The summed E-state index contributed by atoms with van der Waals surface area (Å²) in [6.07, 6.45) is 4.07. The molecule has 1 rings (SSSR count). The van der Waals surface area contributed by atoms with Gasteiger partial charge in [-0.05, 0) is 18.9 Å². The highest BCUT2D eigenvalue weighted by Crippen LogP contribution is 2.14. The predicted octanol–water partition coefficient (Wildman–Crippen LogP) is -2.64. The first-order valence-corrected chi connectivity index (χ1v) is 12.1. The first-order chi connectivity index (χ1) is 18.4. The van der Waals surface area contributed by atoms with Gasteiger partial charge >= 0.3 is 5.97 Å². The molecule has 1 heterocycles. The molecule has 0 radical (unpaired) electrons. The van der Waals surface area contributed by atoms with E-state index in [0.29, 0.717) is 31.5 Å².